The van der Waals surface area contributed by atoms with Gasteiger partial charge < -0.3 is 41.1 Å². The van der Waals surface area contributed by atoms with Crippen molar-refractivity contribution in [3.8, 4) is 0 Å². The third kappa shape index (κ3) is 217. The molecule has 0 heterocycles. The summed E-state index contributed by atoms with van der Waals surface area (Å²) in [4.78, 5) is 31.8. The Morgan fingerprint density at radius 1 is 0.818 bits per heavy atom. The van der Waals surface area contributed by atoms with Crippen LogP contribution < -0.4 is 90.5 Å². The molecule has 0 amide bonds. The molecule has 0 aliphatic carbocycles. The Labute approximate surface area is 129 Å². The molecule has 0 saturated heterocycles. The van der Waals surface area contributed by atoms with Gasteiger partial charge in [-0.05, 0) is 0 Å². The van der Waals surface area contributed by atoms with Crippen LogP contribution in [0.5, 0.6) is 0 Å². The Hall–Kier alpha value is 2.53. The van der Waals surface area contributed by atoms with E-state index < -0.39 is 9.05 Å². The summed E-state index contributed by atoms with van der Waals surface area (Å²) in [6.45, 7) is 0. The SMILES string of the molecule is O.O.O.O.[K+].[Na+].[O-][Si]([O-])(O)O. The number of hydrogen-bond donors (Lipinski definition) is 2. The average Bonchev–Trinajstić information content (AvgIpc) is 0.722. The molecule has 0 saturated carbocycles. The molecule has 64 valence electrons. The quantitative estimate of drug-likeness (QED) is 0.386. The molecule has 0 unspecified atom stereocenters. The summed E-state index contributed by atoms with van der Waals surface area (Å²) in [6.07, 6.45) is 0. The van der Waals surface area contributed by atoms with E-state index in [4.69, 9.17) is 19.2 Å². The zero-order chi connectivity index (χ0) is 4.50. The van der Waals surface area contributed by atoms with Gasteiger partial charge in [0.15, 0.2) is 0 Å². The second-order valence-corrected chi connectivity index (χ2v) is 1.65. The normalized spacial score (nSPS) is 5.45. The van der Waals surface area contributed by atoms with E-state index in [1.807, 2.05) is 0 Å². The molecule has 0 radical (unpaired) electrons. The molecule has 8 nitrogen and oxygen atoms in total. The van der Waals surface area contributed by atoms with E-state index in [2.05, 4.69) is 0 Å². The predicted octanol–water partition coefficient (Wildman–Crippen LogP) is -13.2. The standard InChI is InChI=1S/K.Na.H2O4Si.4H2O/c;;1-5(2,3)4;;;;/h;;1-2H;4*1H2/q2*+1;-2;;;;. The Balaban J connectivity index is -0.00000000533. The summed E-state index contributed by atoms with van der Waals surface area (Å²) in [7, 11) is -5.11. The summed E-state index contributed by atoms with van der Waals surface area (Å²) in [5.41, 5.74) is 0. The van der Waals surface area contributed by atoms with Gasteiger partial charge in [-0.3, -0.25) is 0 Å². The predicted molar refractivity (Wildman–Crippen MR) is 24.6 cm³/mol. The molecule has 10 N–H and O–H groups in total. The summed E-state index contributed by atoms with van der Waals surface area (Å²) >= 11 is 0. The van der Waals surface area contributed by atoms with Gasteiger partial charge in [0.05, 0.1) is 0 Å². The molecule has 0 spiro atoms. The summed E-state index contributed by atoms with van der Waals surface area (Å²) < 4.78 is 0. The van der Waals surface area contributed by atoms with Gasteiger partial charge in [-0.15, -0.1) is 0 Å². The minimum Gasteiger partial charge on any atom is -0.828 e. The molecule has 0 aromatic rings. The van der Waals surface area contributed by atoms with E-state index in [9.17, 15) is 0 Å². The van der Waals surface area contributed by atoms with Crippen molar-refractivity contribution < 1.29 is 122 Å². The van der Waals surface area contributed by atoms with E-state index in [1.54, 1.807) is 0 Å². The fraction of sp³-hybridized carbons (Fsp3) is 0. The van der Waals surface area contributed by atoms with Crippen LogP contribution in [-0.2, 0) is 0 Å². The molecule has 0 fully saturated rings. The minimum absolute atomic E-state index is 0. The van der Waals surface area contributed by atoms with Crippen LogP contribution in [0.4, 0.5) is 0 Å². The van der Waals surface area contributed by atoms with Crippen molar-refractivity contribution in [3.05, 3.63) is 0 Å². The molecule has 0 atom stereocenters. The van der Waals surface area contributed by atoms with Gasteiger partial charge in [0.1, 0.15) is 9.05 Å². The van der Waals surface area contributed by atoms with E-state index >= 15 is 0 Å². The number of hydrogen-bond acceptors (Lipinski definition) is 4. The van der Waals surface area contributed by atoms with Gasteiger partial charge in [0.25, 0.3) is 0 Å². The third-order valence-electron chi connectivity index (χ3n) is 0. The van der Waals surface area contributed by atoms with Crippen molar-refractivity contribution in [1.29, 1.82) is 0 Å². The van der Waals surface area contributed by atoms with Gasteiger partial charge in [-0.2, -0.15) is 0 Å². The topological polar surface area (TPSA) is 213 Å². The van der Waals surface area contributed by atoms with Crippen LogP contribution >= 0.6 is 0 Å². The van der Waals surface area contributed by atoms with Crippen molar-refractivity contribution in [3.63, 3.8) is 0 Å². The summed E-state index contributed by atoms with van der Waals surface area (Å²) in [5, 5.41) is 0. The Morgan fingerprint density at radius 3 is 0.818 bits per heavy atom. The van der Waals surface area contributed by atoms with E-state index in [-0.39, 0.29) is 103 Å². The van der Waals surface area contributed by atoms with Crippen LogP contribution in [-0.4, -0.2) is 40.5 Å². The fourth-order valence-electron chi connectivity index (χ4n) is 0. The van der Waals surface area contributed by atoms with Crippen LogP contribution in [0, 0.1) is 0 Å². The van der Waals surface area contributed by atoms with Gasteiger partial charge >= 0.3 is 80.9 Å². The maximum Gasteiger partial charge on any atom is 1.00 e. The van der Waals surface area contributed by atoms with Crippen molar-refractivity contribution >= 4 is 9.05 Å². The molecule has 0 aromatic heterocycles. The van der Waals surface area contributed by atoms with Gasteiger partial charge in [-0.25, -0.2) is 0 Å². The number of rotatable bonds is 0. The van der Waals surface area contributed by atoms with Crippen LogP contribution in [0.1, 0.15) is 0 Å². The van der Waals surface area contributed by atoms with Crippen molar-refractivity contribution in [2.45, 2.75) is 0 Å². The first-order valence-electron chi connectivity index (χ1n) is 0.855. The van der Waals surface area contributed by atoms with Gasteiger partial charge in [0, 0.05) is 0 Å². The molecule has 11 heteroatoms. The Bertz CT molecular complexity index is 29.6. The van der Waals surface area contributed by atoms with Crippen molar-refractivity contribution in [1.82, 2.24) is 0 Å². The Kier molecular flexibility index (Phi) is 104. The molecule has 0 aliphatic heterocycles. The molecular formula is H10KNaO8Si. The van der Waals surface area contributed by atoms with Crippen LogP contribution in [0.2, 0.25) is 0 Å². The maximum absolute atomic E-state index is 8.80. The molecule has 0 aromatic carbocycles. The van der Waals surface area contributed by atoms with Crippen molar-refractivity contribution in [2.24, 2.45) is 0 Å². The molecular weight excluding hydrogens is 218 g/mol. The first-order chi connectivity index (χ1) is 2.00. The zero-order valence-corrected chi connectivity index (χ0v) is 12.3. The third-order valence-corrected chi connectivity index (χ3v) is 0. The molecule has 0 bridgehead atoms. The second-order valence-electron chi connectivity index (χ2n) is 0.548. The zero-order valence-electron chi connectivity index (χ0n) is 6.21. The molecule has 0 aliphatic rings. The molecule has 11 heavy (non-hydrogen) atoms. The van der Waals surface area contributed by atoms with Gasteiger partial charge in [-0.1, -0.05) is 0 Å². The smallest absolute Gasteiger partial charge is 0.828 e. The molecule has 0 rings (SSSR count). The second kappa shape index (κ2) is 22.9. The average molecular weight is 228 g/mol. The first kappa shape index (κ1) is 49.8. The van der Waals surface area contributed by atoms with Crippen LogP contribution in [0.25, 0.3) is 0 Å². The fourth-order valence-corrected chi connectivity index (χ4v) is 0. The van der Waals surface area contributed by atoms with E-state index in [1.165, 1.54) is 0 Å². The van der Waals surface area contributed by atoms with Crippen molar-refractivity contribution in [2.75, 3.05) is 0 Å². The Morgan fingerprint density at radius 2 is 0.818 bits per heavy atom. The maximum atomic E-state index is 8.80. The summed E-state index contributed by atoms with van der Waals surface area (Å²) in [6, 6.07) is 0. The van der Waals surface area contributed by atoms with E-state index in [0.29, 0.717) is 0 Å². The van der Waals surface area contributed by atoms with Gasteiger partial charge in [0.2, 0.25) is 0 Å². The summed E-state index contributed by atoms with van der Waals surface area (Å²) in [5.74, 6) is 0. The van der Waals surface area contributed by atoms with Crippen LogP contribution in [0.3, 0.4) is 0 Å². The first-order valence-corrected chi connectivity index (χ1v) is 2.57. The minimum atomic E-state index is -5.11. The van der Waals surface area contributed by atoms with E-state index in [0.717, 1.165) is 0 Å². The monoisotopic (exact) mass is 228 g/mol. The largest absolute Gasteiger partial charge is 1.00 e. The van der Waals surface area contributed by atoms with Crippen LogP contribution in [0.15, 0.2) is 0 Å².